The van der Waals surface area contributed by atoms with E-state index in [4.69, 9.17) is 0 Å². The van der Waals surface area contributed by atoms with Crippen LogP contribution in [0.3, 0.4) is 0 Å². The fraction of sp³-hybridized carbons (Fsp3) is 0.294. The third-order valence-corrected chi connectivity index (χ3v) is 5.85. The van der Waals surface area contributed by atoms with E-state index in [1.807, 2.05) is 48.5 Å². The number of carbonyl (C=O) groups is 1. The van der Waals surface area contributed by atoms with Gasteiger partial charge >= 0.3 is 0 Å². The second-order valence-electron chi connectivity index (χ2n) is 5.67. The molecule has 1 atom stereocenters. The minimum Gasteiger partial charge on any atom is -0.342 e. The van der Waals surface area contributed by atoms with Gasteiger partial charge in [-0.25, -0.2) is 8.42 Å². The Bertz CT molecular complexity index is 755. The molecule has 0 aliphatic carbocycles. The van der Waals surface area contributed by atoms with Crippen LogP contribution in [0, 0.1) is 0 Å². The van der Waals surface area contributed by atoms with Crippen LogP contribution in [0.2, 0.25) is 0 Å². The van der Waals surface area contributed by atoms with Crippen molar-refractivity contribution in [1.82, 2.24) is 14.6 Å². The van der Waals surface area contributed by atoms with E-state index in [0.717, 1.165) is 5.56 Å². The van der Waals surface area contributed by atoms with Gasteiger partial charge in [-0.1, -0.05) is 36.4 Å². The summed E-state index contributed by atoms with van der Waals surface area (Å²) in [6.45, 7) is 0.244. The first kappa shape index (κ1) is 16.6. The average molecular weight is 345 g/mol. The van der Waals surface area contributed by atoms with Crippen molar-refractivity contribution >= 4 is 15.9 Å². The van der Waals surface area contributed by atoms with Crippen molar-refractivity contribution in [2.24, 2.45) is 0 Å². The zero-order valence-electron chi connectivity index (χ0n) is 13.1. The maximum atomic E-state index is 12.4. The minimum absolute atomic E-state index is 0.114. The van der Waals surface area contributed by atoms with Crippen LogP contribution in [-0.2, 0) is 14.8 Å². The van der Waals surface area contributed by atoms with E-state index in [9.17, 15) is 13.2 Å². The molecule has 3 rings (SSSR count). The second-order valence-corrected chi connectivity index (χ2v) is 7.76. The molecule has 1 amide bonds. The molecule has 1 aliphatic heterocycles. The van der Waals surface area contributed by atoms with Gasteiger partial charge in [-0.05, 0) is 24.1 Å². The number of benzene rings is 1. The van der Waals surface area contributed by atoms with Gasteiger partial charge in [0.1, 0.15) is 0 Å². The smallest absolute Gasteiger partial charge is 0.236 e. The highest BCUT2D eigenvalue weighted by Gasteiger charge is 2.30. The quantitative estimate of drug-likeness (QED) is 0.886. The van der Waals surface area contributed by atoms with Crippen molar-refractivity contribution in [2.45, 2.75) is 12.5 Å². The van der Waals surface area contributed by atoms with Crippen LogP contribution in [0.25, 0.3) is 0 Å². The fourth-order valence-electron chi connectivity index (χ4n) is 2.76. The van der Waals surface area contributed by atoms with Crippen LogP contribution in [0.1, 0.15) is 23.7 Å². The largest absolute Gasteiger partial charge is 0.342 e. The van der Waals surface area contributed by atoms with Crippen molar-refractivity contribution in [3.63, 3.8) is 0 Å². The van der Waals surface area contributed by atoms with E-state index in [-0.39, 0.29) is 18.2 Å². The topological polar surface area (TPSA) is 79.4 Å². The average Bonchev–Trinajstić information content (AvgIpc) is 2.92. The number of nitrogens with zero attached hydrogens (tertiary/aromatic N) is 2. The summed E-state index contributed by atoms with van der Waals surface area (Å²) < 4.78 is 25.0. The highest BCUT2D eigenvalue weighted by molar-refractivity contribution is 7.89. The number of hydrogen-bond donors (Lipinski definition) is 1. The Morgan fingerprint density at radius 1 is 1.17 bits per heavy atom. The summed E-state index contributed by atoms with van der Waals surface area (Å²) in [4.78, 5) is 16.7. The molecule has 1 N–H and O–H groups in total. The number of carbonyl (C=O) groups excluding carboxylic acids is 1. The standard InChI is InChI=1S/C17H19N3O3S/c21-16(13-20-11-6-12-24(20,22)23)19-17(14-7-2-1-3-8-14)15-9-4-5-10-18-15/h1-5,7-10,17H,6,11-13H2,(H,19,21). The van der Waals surface area contributed by atoms with Crippen LogP contribution >= 0.6 is 0 Å². The molecule has 24 heavy (non-hydrogen) atoms. The highest BCUT2D eigenvalue weighted by atomic mass is 32.2. The molecule has 6 nitrogen and oxygen atoms in total. The zero-order chi connectivity index (χ0) is 17.0. The molecule has 1 aromatic heterocycles. The molecule has 0 spiro atoms. The molecule has 1 aliphatic rings. The summed E-state index contributed by atoms with van der Waals surface area (Å²) in [5.41, 5.74) is 1.61. The molecule has 1 aromatic carbocycles. The molecule has 126 valence electrons. The molecule has 0 bridgehead atoms. The molecule has 1 unspecified atom stereocenters. The molecule has 1 saturated heterocycles. The van der Waals surface area contributed by atoms with E-state index < -0.39 is 16.1 Å². The van der Waals surface area contributed by atoms with Gasteiger partial charge in [-0.3, -0.25) is 9.78 Å². The van der Waals surface area contributed by atoms with Gasteiger partial charge < -0.3 is 5.32 Å². The summed E-state index contributed by atoms with van der Waals surface area (Å²) >= 11 is 0. The summed E-state index contributed by atoms with van der Waals surface area (Å²) in [5, 5.41) is 2.91. The molecule has 2 heterocycles. The van der Waals surface area contributed by atoms with Gasteiger partial charge in [-0.2, -0.15) is 4.31 Å². The van der Waals surface area contributed by atoms with Crippen LogP contribution in [-0.4, -0.2) is 42.5 Å². The molecular formula is C17H19N3O3S. The molecular weight excluding hydrogens is 326 g/mol. The number of rotatable bonds is 5. The minimum atomic E-state index is -3.29. The summed E-state index contributed by atoms with van der Waals surface area (Å²) in [5.74, 6) is -0.220. The predicted octanol–water partition coefficient (Wildman–Crippen LogP) is 1.32. The van der Waals surface area contributed by atoms with Gasteiger partial charge in [0.2, 0.25) is 15.9 Å². The lowest BCUT2D eigenvalue weighted by Gasteiger charge is -2.21. The monoisotopic (exact) mass is 345 g/mol. The summed E-state index contributed by atoms with van der Waals surface area (Å²) in [6, 6.07) is 14.6. The zero-order valence-corrected chi connectivity index (χ0v) is 13.9. The Kier molecular flexibility index (Phi) is 4.92. The van der Waals surface area contributed by atoms with Gasteiger partial charge in [0.05, 0.1) is 24.0 Å². The lowest BCUT2D eigenvalue weighted by molar-refractivity contribution is -0.121. The number of amides is 1. The normalized spacial score (nSPS) is 18.2. The van der Waals surface area contributed by atoms with Gasteiger partial charge in [0.25, 0.3) is 0 Å². The highest BCUT2D eigenvalue weighted by Crippen LogP contribution is 2.20. The van der Waals surface area contributed by atoms with E-state index in [1.54, 1.807) is 6.20 Å². The van der Waals surface area contributed by atoms with E-state index in [2.05, 4.69) is 10.3 Å². The molecule has 0 saturated carbocycles. The van der Waals surface area contributed by atoms with Gasteiger partial charge in [0, 0.05) is 12.7 Å². The summed E-state index contributed by atoms with van der Waals surface area (Å²) in [6.07, 6.45) is 2.24. The van der Waals surface area contributed by atoms with Gasteiger partial charge in [0.15, 0.2) is 0 Å². The van der Waals surface area contributed by atoms with Crippen molar-refractivity contribution in [1.29, 1.82) is 0 Å². The third kappa shape index (κ3) is 3.80. The number of pyridine rings is 1. The first-order valence-electron chi connectivity index (χ1n) is 7.79. The maximum Gasteiger partial charge on any atom is 0.236 e. The SMILES string of the molecule is O=C(CN1CCCS1(=O)=O)NC(c1ccccc1)c1ccccn1. The van der Waals surface area contributed by atoms with Crippen molar-refractivity contribution in [2.75, 3.05) is 18.8 Å². The van der Waals surface area contributed by atoms with Crippen LogP contribution in [0.15, 0.2) is 54.7 Å². The number of aromatic nitrogens is 1. The lowest BCUT2D eigenvalue weighted by Crippen LogP contribution is -2.40. The van der Waals surface area contributed by atoms with E-state index in [1.165, 1.54) is 4.31 Å². The van der Waals surface area contributed by atoms with Crippen molar-refractivity contribution in [3.05, 3.63) is 66.0 Å². The second kappa shape index (κ2) is 7.11. The van der Waals surface area contributed by atoms with Crippen LogP contribution in [0.4, 0.5) is 0 Å². The first-order chi connectivity index (χ1) is 11.6. The molecule has 7 heteroatoms. The van der Waals surface area contributed by atoms with E-state index in [0.29, 0.717) is 18.7 Å². The van der Waals surface area contributed by atoms with Crippen molar-refractivity contribution in [3.8, 4) is 0 Å². The number of nitrogens with one attached hydrogen (secondary N) is 1. The maximum absolute atomic E-state index is 12.4. The number of sulfonamides is 1. The lowest BCUT2D eigenvalue weighted by atomic mass is 10.0. The van der Waals surface area contributed by atoms with Crippen molar-refractivity contribution < 1.29 is 13.2 Å². The summed E-state index contributed by atoms with van der Waals surface area (Å²) in [7, 11) is -3.29. The van der Waals surface area contributed by atoms with Crippen LogP contribution in [0.5, 0.6) is 0 Å². The number of hydrogen-bond acceptors (Lipinski definition) is 4. The third-order valence-electron chi connectivity index (χ3n) is 3.94. The Morgan fingerprint density at radius 3 is 2.54 bits per heavy atom. The Morgan fingerprint density at radius 2 is 1.92 bits per heavy atom. The molecule has 0 radical (unpaired) electrons. The van der Waals surface area contributed by atoms with Gasteiger partial charge in [-0.15, -0.1) is 0 Å². The molecule has 2 aromatic rings. The van der Waals surface area contributed by atoms with E-state index >= 15 is 0 Å². The van der Waals surface area contributed by atoms with Crippen LogP contribution < -0.4 is 5.32 Å². The Balaban J connectivity index is 1.78. The molecule has 1 fully saturated rings. The first-order valence-corrected chi connectivity index (χ1v) is 9.40. The predicted molar refractivity (Wildman–Crippen MR) is 90.6 cm³/mol. The fourth-order valence-corrected chi connectivity index (χ4v) is 4.23. The Labute approximate surface area is 141 Å². The Hall–Kier alpha value is -2.25.